The van der Waals surface area contributed by atoms with Crippen LogP contribution in [0.25, 0.3) is 21.2 Å². The van der Waals surface area contributed by atoms with Crippen molar-refractivity contribution in [3.63, 3.8) is 0 Å². The van der Waals surface area contributed by atoms with E-state index in [2.05, 4.69) is 4.98 Å². The molecule has 3 nitrogen and oxygen atoms in total. The fourth-order valence-electron chi connectivity index (χ4n) is 2.36. The third kappa shape index (κ3) is 2.12. The van der Waals surface area contributed by atoms with E-state index < -0.39 is 6.10 Å². The fraction of sp³-hybridized carbons (Fsp3) is 0.0625. The van der Waals surface area contributed by atoms with Crippen LogP contribution in [0, 0.1) is 0 Å². The summed E-state index contributed by atoms with van der Waals surface area (Å²) >= 11 is 7.69. The molecule has 104 valence electrons. The van der Waals surface area contributed by atoms with Crippen molar-refractivity contribution in [2.75, 3.05) is 0 Å². The van der Waals surface area contributed by atoms with Gasteiger partial charge in [-0.25, -0.2) is 0 Å². The van der Waals surface area contributed by atoms with Gasteiger partial charge in [0.2, 0.25) is 0 Å². The van der Waals surface area contributed by atoms with E-state index in [1.807, 2.05) is 35.7 Å². The second-order valence-corrected chi connectivity index (χ2v) is 6.14. The average Bonchev–Trinajstić information content (AvgIpc) is 3.12. The van der Waals surface area contributed by atoms with Crippen LogP contribution in [-0.4, -0.2) is 10.1 Å². The largest absolute Gasteiger partial charge is 0.456 e. The van der Waals surface area contributed by atoms with Crippen molar-refractivity contribution in [3.8, 4) is 0 Å². The van der Waals surface area contributed by atoms with E-state index >= 15 is 0 Å². The Kier molecular flexibility index (Phi) is 2.96. The Hall–Kier alpha value is -1.88. The second kappa shape index (κ2) is 4.84. The predicted octanol–water partition coefficient (Wildman–Crippen LogP) is 4.78. The minimum atomic E-state index is -0.854. The van der Waals surface area contributed by atoms with E-state index in [0.29, 0.717) is 21.9 Å². The van der Waals surface area contributed by atoms with E-state index in [4.69, 9.17) is 16.0 Å². The number of furan rings is 1. The summed E-state index contributed by atoms with van der Waals surface area (Å²) < 4.78 is 6.74. The molecule has 5 heteroatoms. The van der Waals surface area contributed by atoms with Gasteiger partial charge in [-0.15, -0.1) is 11.3 Å². The van der Waals surface area contributed by atoms with Gasteiger partial charge in [-0.1, -0.05) is 23.7 Å². The number of fused-ring (bicyclic) bond motifs is 2. The number of hydrogen-bond donors (Lipinski definition) is 1. The van der Waals surface area contributed by atoms with Gasteiger partial charge in [0.15, 0.2) is 5.58 Å². The van der Waals surface area contributed by atoms with E-state index in [9.17, 15) is 5.11 Å². The Balaban J connectivity index is 1.81. The number of thiophene rings is 1. The lowest BCUT2D eigenvalue weighted by molar-refractivity contribution is 0.192. The number of hydrogen-bond acceptors (Lipinski definition) is 4. The summed E-state index contributed by atoms with van der Waals surface area (Å²) in [7, 11) is 0. The van der Waals surface area contributed by atoms with Crippen molar-refractivity contribution < 1.29 is 9.52 Å². The molecule has 0 saturated carbocycles. The number of halogens is 1. The van der Waals surface area contributed by atoms with Crippen LogP contribution in [0.4, 0.5) is 0 Å². The topological polar surface area (TPSA) is 46.3 Å². The van der Waals surface area contributed by atoms with Gasteiger partial charge in [0.05, 0.1) is 15.2 Å². The molecule has 0 amide bonds. The highest BCUT2D eigenvalue weighted by Crippen LogP contribution is 2.32. The Labute approximate surface area is 129 Å². The summed E-state index contributed by atoms with van der Waals surface area (Å²) in [4.78, 5) is 4.34. The molecule has 0 spiro atoms. The summed E-state index contributed by atoms with van der Waals surface area (Å²) in [5.74, 6) is 0.468. The Morgan fingerprint density at radius 3 is 3.00 bits per heavy atom. The van der Waals surface area contributed by atoms with Crippen molar-refractivity contribution in [2.24, 2.45) is 0 Å². The average molecular weight is 316 g/mol. The lowest BCUT2D eigenvalue weighted by Crippen LogP contribution is -1.98. The highest BCUT2D eigenvalue weighted by atomic mass is 35.5. The number of aliphatic hydroxyl groups excluding tert-OH is 1. The van der Waals surface area contributed by atoms with Crippen LogP contribution in [0.2, 0.25) is 5.02 Å². The van der Waals surface area contributed by atoms with E-state index in [1.165, 1.54) is 0 Å². The molecule has 0 aliphatic rings. The number of pyridine rings is 1. The normalized spacial score (nSPS) is 13.0. The molecule has 0 aliphatic carbocycles. The van der Waals surface area contributed by atoms with Gasteiger partial charge in [-0.2, -0.15) is 0 Å². The molecular weight excluding hydrogens is 306 g/mol. The maximum atomic E-state index is 10.5. The quantitative estimate of drug-likeness (QED) is 0.579. The van der Waals surface area contributed by atoms with Crippen LogP contribution in [0.3, 0.4) is 0 Å². The zero-order valence-corrected chi connectivity index (χ0v) is 12.4. The third-order valence-corrected chi connectivity index (χ3v) is 4.57. The molecule has 0 radical (unpaired) electrons. The van der Waals surface area contributed by atoms with Crippen LogP contribution in [0.1, 0.15) is 17.4 Å². The van der Waals surface area contributed by atoms with E-state index in [-0.39, 0.29) is 0 Å². The van der Waals surface area contributed by atoms with E-state index in [1.54, 1.807) is 23.6 Å². The molecule has 21 heavy (non-hydrogen) atoms. The lowest BCUT2D eigenvalue weighted by Gasteiger charge is -2.07. The molecule has 1 unspecified atom stereocenters. The maximum Gasteiger partial charge on any atom is 0.153 e. The Morgan fingerprint density at radius 1 is 1.24 bits per heavy atom. The Bertz CT molecular complexity index is 944. The molecule has 3 aromatic heterocycles. The Morgan fingerprint density at radius 2 is 2.14 bits per heavy atom. The molecule has 1 aromatic carbocycles. The van der Waals surface area contributed by atoms with Gasteiger partial charge < -0.3 is 9.52 Å². The first-order valence-corrected chi connectivity index (χ1v) is 7.67. The molecule has 4 aromatic rings. The standard InChI is InChI=1S/C16H10ClNO2S/c17-11-3-1-2-9-6-13(20-16(9)11)15(19)10-7-14-12(18-8-10)4-5-21-14/h1-8,15,19H. The molecule has 0 fully saturated rings. The number of rotatable bonds is 2. The zero-order valence-electron chi connectivity index (χ0n) is 10.8. The third-order valence-electron chi connectivity index (χ3n) is 3.42. The molecular formula is C16H10ClNO2S. The number of aliphatic hydroxyl groups is 1. The number of benzene rings is 1. The van der Waals surface area contributed by atoms with Gasteiger partial charge in [-0.05, 0) is 29.6 Å². The first-order valence-electron chi connectivity index (χ1n) is 6.41. The number of aromatic nitrogens is 1. The lowest BCUT2D eigenvalue weighted by atomic mass is 10.1. The molecule has 0 aliphatic heterocycles. The summed E-state index contributed by atoms with van der Waals surface area (Å²) in [5, 5.41) is 13.9. The first-order chi connectivity index (χ1) is 10.2. The van der Waals surface area contributed by atoms with Gasteiger partial charge in [-0.3, -0.25) is 4.98 Å². The van der Waals surface area contributed by atoms with Gasteiger partial charge in [0.1, 0.15) is 11.9 Å². The van der Waals surface area contributed by atoms with Crippen molar-refractivity contribution in [3.05, 3.63) is 64.3 Å². The van der Waals surface area contributed by atoms with Crippen LogP contribution in [0.5, 0.6) is 0 Å². The van der Waals surface area contributed by atoms with Gasteiger partial charge >= 0.3 is 0 Å². The molecule has 0 bridgehead atoms. The summed E-state index contributed by atoms with van der Waals surface area (Å²) in [6.07, 6.45) is 0.821. The SMILES string of the molecule is OC(c1cnc2ccsc2c1)c1cc2cccc(Cl)c2o1. The highest BCUT2D eigenvalue weighted by molar-refractivity contribution is 7.17. The number of nitrogens with zero attached hydrogens (tertiary/aromatic N) is 1. The van der Waals surface area contributed by atoms with Crippen LogP contribution in [-0.2, 0) is 0 Å². The summed E-state index contributed by atoms with van der Waals surface area (Å²) in [5.41, 5.74) is 2.24. The highest BCUT2D eigenvalue weighted by Gasteiger charge is 2.17. The van der Waals surface area contributed by atoms with E-state index in [0.717, 1.165) is 15.6 Å². The molecule has 0 saturated heterocycles. The van der Waals surface area contributed by atoms with Crippen LogP contribution in [0.15, 0.2) is 52.4 Å². The summed E-state index contributed by atoms with van der Waals surface area (Å²) in [6, 6.07) is 11.2. The van der Waals surface area contributed by atoms with Gasteiger partial charge in [0.25, 0.3) is 0 Å². The van der Waals surface area contributed by atoms with Crippen molar-refractivity contribution in [2.45, 2.75) is 6.10 Å². The first kappa shape index (κ1) is 12.8. The molecule has 1 N–H and O–H groups in total. The van der Waals surface area contributed by atoms with Crippen molar-refractivity contribution >= 4 is 44.1 Å². The smallest absolute Gasteiger partial charge is 0.153 e. The van der Waals surface area contributed by atoms with Gasteiger partial charge in [0, 0.05) is 17.1 Å². The van der Waals surface area contributed by atoms with Crippen molar-refractivity contribution in [1.29, 1.82) is 0 Å². The maximum absolute atomic E-state index is 10.5. The van der Waals surface area contributed by atoms with Crippen LogP contribution >= 0.6 is 22.9 Å². The monoisotopic (exact) mass is 315 g/mol. The number of para-hydroxylation sites is 1. The van der Waals surface area contributed by atoms with Crippen LogP contribution < -0.4 is 0 Å². The minimum Gasteiger partial charge on any atom is -0.456 e. The minimum absolute atomic E-state index is 0.468. The predicted molar refractivity (Wildman–Crippen MR) is 84.9 cm³/mol. The summed E-state index contributed by atoms with van der Waals surface area (Å²) in [6.45, 7) is 0. The van der Waals surface area contributed by atoms with Crippen molar-refractivity contribution in [1.82, 2.24) is 4.98 Å². The zero-order chi connectivity index (χ0) is 14.4. The second-order valence-electron chi connectivity index (χ2n) is 4.78. The fourth-order valence-corrected chi connectivity index (χ4v) is 3.37. The molecule has 4 rings (SSSR count). The molecule has 3 heterocycles. The molecule has 1 atom stereocenters.